The molecule has 0 spiro atoms. The fourth-order valence-corrected chi connectivity index (χ4v) is 3.45. The normalized spacial score (nSPS) is 19.0. The number of guanidine groups is 1. The van der Waals surface area contributed by atoms with Gasteiger partial charge in [0.05, 0.1) is 0 Å². The summed E-state index contributed by atoms with van der Waals surface area (Å²) in [5.41, 5.74) is 8.95. The SMILES string of the molecule is CCc1cc([C@]2(c3cccc(-c4cncnc4)c3)N=C(N)N(C)C2=O)ccn1. The third-order valence-electron chi connectivity index (χ3n) is 5.01. The number of rotatable bonds is 4. The van der Waals surface area contributed by atoms with E-state index in [-0.39, 0.29) is 11.9 Å². The van der Waals surface area contributed by atoms with Crippen LogP contribution in [0.4, 0.5) is 0 Å². The standard InChI is InChI=1S/C21H20N6O/c1-3-18-10-17(7-8-25-18)21(19(28)27(2)20(22)26-21)16-6-4-5-14(9-16)15-11-23-13-24-12-15/h4-13H,3H2,1-2H3,(H2,22,26)/t21-/m0/s1. The summed E-state index contributed by atoms with van der Waals surface area (Å²) in [5, 5.41) is 0. The number of nitrogens with zero attached hydrogens (tertiary/aromatic N) is 5. The highest BCUT2D eigenvalue weighted by Gasteiger charge is 2.49. The van der Waals surface area contributed by atoms with Gasteiger partial charge in [0.2, 0.25) is 0 Å². The first kappa shape index (κ1) is 17.8. The first-order valence-corrected chi connectivity index (χ1v) is 9.01. The Hall–Kier alpha value is -3.61. The molecule has 3 heterocycles. The summed E-state index contributed by atoms with van der Waals surface area (Å²) in [6.45, 7) is 2.02. The van der Waals surface area contributed by atoms with E-state index in [0.717, 1.165) is 34.4 Å². The molecule has 0 bridgehead atoms. The van der Waals surface area contributed by atoms with E-state index >= 15 is 0 Å². The maximum Gasteiger partial charge on any atom is 0.266 e. The van der Waals surface area contributed by atoms with Gasteiger partial charge < -0.3 is 5.73 Å². The van der Waals surface area contributed by atoms with Crippen LogP contribution in [0.1, 0.15) is 23.7 Å². The quantitative estimate of drug-likeness (QED) is 0.757. The molecular formula is C21H20N6O. The fourth-order valence-electron chi connectivity index (χ4n) is 3.45. The van der Waals surface area contributed by atoms with Gasteiger partial charge in [0.1, 0.15) is 6.33 Å². The van der Waals surface area contributed by atoms with Crippen LogP contribution in [0.3, 0.4) is 0 Å². The minimum atomic E-state index is -1.24. The molecule has 7 nitrogen and oxygen atoms in total. The Morgan fingerprint density at radius 1 is 1.07 bits per heavy atom. The number of carbonyl (C=O) groups excluding carboxylic acids is 1. The largest absolute Gasteiger partial charge is 0.369 e. The molecule has 3 aromatic rings. The van der Waals surface area contributed by atoms with Crippen molar-refractivity contribution in [3.63, 3.8) is 0 Å². The number of aliphatic imine (C=N–C) groups is 1. The van der Waals surface area contributed by atoms with E-state index < -0.39 is 5.54 Å². The Balaban J connectivity index is 1.95. The average molecular weight is 372 g/mol. The molecule has 2 aromatic heterocycles. The molecule has 2 N–H and O–H groups in total. The zero-order valence-electron chi connectivity index (χ0n) is 15.7. The summed E-state index contributed by atoms with van der Waals surface area (Å²) < 4.78 is 0. The molecule has 1 amide bonds. The fraction of sp³-hybridized carbons (Fsp3) is 0.190. The lowest BCUT2D eigenvalue weighted by Gasteiger charge is -2.26. The molecule has 0 fully saturated rings. The van der Waals surface area contributed by atoms with E-state index in [9.17, 15) is 4.79 Å². The van der Waals surface area contributed by atoms with Gasteiger partial charge in [0.25, 0.3) is 5.91 Å². The van der Waals surface area contributed by atoms with E-state index in [0.29, 0.717) is 0 Å². The monoisotopic (exact) mass is 372 g/mol. The van der Waals surface area contributed by atoms with E-state index in [1.54, 1.807) is 25.6 Å². The van der Waals surface area contributed by atoms with Gasteiger partial charge in [0.15, 0.2) is 11.5 Å². The van der Waals surface area contributed by atoms with Crippen molar-refractivity contribution in [2.45, 2.75) is 18.9 Å². The number of carbonyl (C=O) groups is 1. The highest BCUT2D eigenvalue weighted by atomic mass is 16.2. The van der Waals surface area contributed by atoms with Gasteiger partial charge in [-0.3, -0.25) is 14.7 Å². The van der Waals surface area contributed by atoms with Crippen molar-refractivity contribution in [1.82, 2.24) is 19.9 Å². The summed E-state index contributed by atoms with van der Waals surface area (Å²) >= 11 is 0. The van der Waals surface area contributed by atoms with E-state index in [1.807, 2.05) is 43.3 Å². The van der Waals surface area contributed by atoms with Gasteiger partial charge >= 0.3 is 0 Å². The number of amides is 1. The van der Waals surface area contributed by atoms with E-state index in [4.69, 9.17) is 5.73 Å². The minimum absolute atomic E-state index is 0.188. The topological polar surface area (TPSA) is 97.4 Å². The third kappa shape index (κ3) is 2.72. The molecule has 0 radical (unpaired) electrons. The summed E-state index contributed by atoms with van der Waals surface area (Å²) in [6.07, 6.45) is 7.43. The molecule has 0 saturated carbocycles. The average Bonchev–Trinajstić information content (AvgIpc) is 2.99. The van der Waals surface area contributed by atoms with Crippen LogP contribution in [-0.2, 0) is 16.8 Å². The van der Waals surface area contributed by atoms with Gasteiger partial charge in [-0.2, -0.15) is 0 Å². The molecular weight excluding hydrogens is 352 g/mol. The van der Waals surface area contributed by atoms with Crippen LogP contribution in [0.15, 0.2) is 66.3 Å². The Kier molecular flexibility index (Phi) is 4.35. The number of aromatic nitrogens is 3. The summed E-state index contributed by atoms with van der Waals surface area (Å²) in [5.74, 6) is -0.00646. The van der Waals surface area contributed by atoms with Crippen LogP contribution in [0, 0.1) is 0 Å². The smallest absolute Gasteiger partial charge is 0.266 e. The lowest BCUT2D eigenvalue weighted by molar-refractivity contribution is -0.129. The molecule has 4 rings (SSSR count). The molecule has 0 unspecified atom stereocenters. The van der Waals surface area contributed by atoms with Gasteiger partial charge in [0, 0.05) is 36.9 Å². The molecule has 0 saturated heterocycles. The predicted octanol–water partition coefficient (Wildman–Crippen LogP) is 2.13. The van der Waals surface area contributed by atoms with Gasteiger partial charge in [-0.1, -0.05) is 25.1 Å². The summed E-state index contributed by atoms with van der Waals surface area (Å²) in [4.78, 5) is 31.9. The molecule has 0 aliphatic carbocycles. The maximum absolute atomic E-state index is 13.4. The number of aryl methyl sites for hydroxylation is 1. The van der Waals surface area contributed by atoms with Crippen LogP contribution < -0.4 is 5.73 Å². The third-order valence-corrected chi connectivity index (χ3v) is 5.01. The van der Waals surface area contributed by atoms with Gasteiger partial charge in [-0.25, -0.2) is 15.0 Å². The maximum atomic E-state index is 13.4. The Bertz CT molecular complexity index is 1070. The van der Waals surface area contributed by atoms with Crippen LogP contribution in [0.5, 0.6) is 0 Å². The van der Waals surface area contributed by atoms with Crippen LogP contribution in [0.25, 0.3) is 11.1 Å². The molecule has 7 heteroatoms. The van der Waals surface area contributed by atoms with Gasteiger partial charge in [-0.15, -0.1) is 0 Å². The molecule has 140 valence electrons. The van der Waals surface area contributed by atoms with Crippen LogP contribution >= 0.6 is 0 Å². The Labute approximate surface area is 163 Å². The summed E-state index contributed by atoms with van der Waals surface area (Å²) in [7, 11) is 1.64. The number of pyridine rings is 1. The minimum Gasteiger partial charge on any atom is -0.369 e. The second kappa shape index (κ2) is 6.84. The second-order valence-corrected chi connectivity index (χ2v) is 6.64. The van der Waals surface area contributed by atoms with Crippen molar-refractivity contribution in [2.75, 3.05) is 7.05 Å². The summed E-state index contributed by atoms with van der Waals surface area (Å²) in [6, 6.07) is 11.4. The van der Waals surface area contributed by atoms with E-state index in [1.165, 1.54) is 11.2 Å². The first-order valence-electron chi connectivity index (χ1n) is 9.01. The highest BCUT2D eigenvalue weighted by Crippen LogP contribution is 2.40. The lowest BCUT2D eigenvalue weighted by atomic mass is 9.82. The van der Waals surface area contributed by atoms with Crippen molar-refractivity contribution in [2.24, 2.45) is 10.7 Å². The molecule has 28 heavy (non-hydrogen) atoms. The Morgan fingerprint density at radius 2 is 1.82 bits per heavy atom. The molecule has 1 aliphatic rings. The van der Waals surface area contributed by atoms with Crippen LogP contribution in [-0.4, -0.2) is 38.8 Å². The van der Waals surface area contributed by atoms with Gasteiger partial charge in [-0.05, 0) is 41.3 Å². The lowest BCUT2D eigenvalue weighted by Crippen LogP contribution is -2.41. The number of nitrogens with two attached hydrogens (primary N) is 1. The number of benzene rings is 1. The van der Waals surface area contributed by atoms with Crippen molar-refractivity contribution in [1.29, 1.82) is 0 Å². The zero-order valence-corrected chi connectivity index (χ0v) is 15.7. The number of hydrogen-bond acceptors (Lipinski definition) is 6. The van der Waals surface area contributed by atoms with Crippen LogP contribution in [0.2, 0.25) is 0 Å². The van der Waals surface area contributed by atoms with Crippen molar-refractivity contribution < 1.29 is 4.79 Å². The number of likely N-dealkylation sites (N-methyl/N-ethyl adjacent to an activating group) is 1. The predicted molar refractivity (Wildman–Crippen MR) is 106 cm³/mol. The second-order valence-electron chi connectivity index (χ2n) is 6.64. The zero-order chi connectivity index (χ0) is 19.7. The van der Waals surface area contributed by atoms with E-state index in [2.05, 4.69) is 19.9 Å². The molecule has 1 aliphatic heterocycles. The Morgan fingerprint density at radius 3 is 2.50 bits per heavy atom. The van der Waals surface area contributed by atoms with Crippen molar-refractivity contribution >= 4 is 11.9 Å². The molecule has 1 aromatic carbocycles. The highest BCUT2D eigenvalue weighted by molar-refractivity contribution is 6.09. The van der Waals surface area contributed by atoms with Crippen molar-refractivity contribution in [3.8, 4) is 11.1 Å². The van der Waals surface area contributed by atoms with Crippen molar-refractivity contribution in [3.05, 3.63) is 78.1 Å². The first-order chi connectivity index (χ1) is 13.6. The molecule has 1 atom stereocenters. The number of hydrogen-bond donors (Lipinski definition) is 1.